The van der Waals surface area contributed by atoms with Crippen LogP contribution in [-0.4, -0.2) is 34.2 Å². The van der Waals surface area contributed by atoms with Gasteiger partial charge in [-0.3, -0.25) is 9.59 Å². The zero-order chi connectivity index (χ0) is 19.3. The maximum Gasteiger partial charge on any atom is 0.244 e. The van der Waals surface area contributed by atoms with Crippen LogP contribution >= 0.6 is 35.6 Å². The molecule has 1 aromatic heterocycles. The maximum absolute atomic E-state index is 12.1. The summed E-state index contributed by atoms with van der Waals surface area (Å²) in [6.45, 7) is 3.87. The van der Waals surface area contributed by atoms with Crippen LogP contribution in [0.1, 0.15) is 19.4 Å². The van der Waals surface area contributed by atoms with Crippen molar-refractivity contribution in [3.63, 3.8) is 0 Å². The molecule has 148 valence electrons. The first-order valence-corrected chi connectivity index (χ1v) is 8.82. The lowest BCUT2D eigenvalue weighted by molar-refractivity contribution is -0.125. The summed E-state index contributed by atoms with van der Waals surface area (Å²) in [6.07, 6.45) is 1.56. The number of hydrogen-bond donors (Lipinski definition) is 3. The summed E-state index contributed by atoms with van der Waals surface area (Å²) in [4.78, 5) is 23.9. The predicted molar refractivity (Wildman–Crippen MR) is 109 cm³/mol. The number of nitrogens with zero attached hydrogens (tertiary/aromatic N) is 2. The Morgan fingerprint density at radius 2 is 1.96 bits per heavy atom. The summed E-state index contributed by atoms with van der Waals surface area (Å²) in [5.74, 6) is -0.262. The minimum absolute atomic E-state index is 0. The van der Waals surface area contributed by atoms with Gasteiger partial charge in [0, 0.05) is 16.1 Å². The second-order valence-electron chi connectivity index (χ2n) is 6.15. The number of aromatic nitrogens is 2. The molecular formula is C17H22Cl3N5O2. The molecule has 0 fully saturated rings. The van der Waals surface area contributed by atoms with Crippen LogP contribution in [0.2, 0.25) is 10.0 Å². The average molecular weight is 435 g/mol. The molecule has 0 saturated carbocycles. The summed E-state index contributed by atoms with van der Waals surface area (Å²) < 4.78 is 1.59. The molecule has 2 aromatic rings. The third-order valence-corrected chi connectivity index (χ3v) is 4.35. The molecule has 0 bridgehead atoms. The number of anilines is 1. The highest BCUT2D eigenvalue weighted by molar-refractivity contribution is 6.35. The third-order valence-electron chi connectivity index (χ3n) is 3.76. The normalized spacial score (nSPS) is 11.6. The van der Waals surface area contributed by atoms with Crippen LogP contribution in [0.3, 0.4) is 0 Å². The predicted octanol–water partition coefficient (Wildman–Crippen LogP) is 2.70. The lowest BCUT2D eigenvalue weighted by atomic mass is 10.1. The molecule has 0 aliphatic rings. The van der Waals surface area contributed by atoms with Crippen molar-refractivity contribution in [2.45, 2.75) is 26.4 Å². The van der Waals surface area contributed by atoms with Crippen molar-refractivity contribution in [2.75, 3.05) is 11.9 Å². The highest BCUT2D eigenvalue weighted by atomic mass is 35.5. The largest absolute Gasteiger partial charge is 0.346 e. The highest BCUT2D eigenvalue weighted by Crippen LogP contribution is 2.22. The summed E-state index contributed by atoms with van der Waals surface area (Å²) in [6, 6.07) is 6.18. The number of nitrogens with two attached hydrogens (primary N) is 1. The van der Waals surface area contributed by atoms with Crippen molar-refractivity contribution in [3.8, 4) is 0 Å². The van der Waals surface area contributed by atoms with Gasteiger partial charge in [-0.25, -0.2) is 4.68 Å². The van der Waals surface area contributed by atoms with Crippen LogP contribution in [0, 0.1) is 5.92 Å². The molecule has 0 aliphatic carbocycles. The molecule has 0 saturated heterocycles. The van der Waals surface area contributed by atoms with Gasteiger partial charge in [0.15, 0.2) is 0 Å². The lowest BCUT2D eigenvalue weighted by Gasteiger charge is -2.15. The van der Waals surface area contributed by atoms with Gasteiger partial charge in [-0.15, -0.1) is 12.4 Å². The van der Waals surface area contributed by atoms with E-state index in [-0.39, 0.29) is 36.7 Å². The van der Waals surface area contributed by atoms with Gasteiger partial charge in [0.05, 0.1) is 25.3 Å². The second-order valence-corrected chi connectivity index (χ2v) is 6.99. The molecule has 1 atom stereocenters. The van der Waals surface area contributed by atoms with Gasteiger partial charge < -0.3 is 16.4 Å². The number of halogens is 3. The maximum atomic E-state index is 12.1. The lowest BCUT2D eigenvalue weighted by Crippen LogP contribution is -2.46. The summed E-state index contributed by atoms with van der Waals surface area (Å²) in [7, 11) is 0. The number of carbonyl (C=O) groups is 2. The first kappa shape index (κ1) is 23.2. The Bertz CT molecular complexity index is 795. The SMILES string of the molecule is CC(C)[C@H](N)C(=O)NCC(=O)Nc1ccnn1Cc1ccc(Cl)cc1Cl.Cl. The molecule has 0 spiro atoms. The van der Waals surface area contributed by atoms with E-state index >= 15 is 0 Å². The average Bonchev–Trinajstić information content (AvgIpc) is 3.01. The van der Waals surface area contributed by atoms with Crippen molar-refractivity contribution >= 4 is 53.2 Å². The summed E-state index contributed by atoms with van der Waals surface area (Å²) in [5.41, 5.74) is 6.55. The summed E-state index contributed by atoms with van der Waals surface area (Å²) >= 11 is 12.1. The summed E-state index contributed by atoms with van der Waals surface area (Å²) in [5, 5.41) is 10.5. The Hall–Kier alpha value is -1.80. The smallest absolute Gasteiger partial charge is 0.244 e. The van der Waals surface area contributed by atoms with E-state index in [0.29, 0.717) is 22.4 Å². The third kappa shape index (κ3) is 6.70. The Morgan fingerprint density at radius 3 is 2.59 bits per heavy atom. The molecule has 1 aromatic carbocycles. The molecule has 10 heteroatoms. The van der Waals surface area contributed by atoms with E-state index in [1.165, 1.54) is 0 Å². The number of amides is 2. The molecule has 0 radical (unpaired) electrons. The van der Waals surface area contributed by atoms with Crippen LogP contribution in [-0.2, 0) is 16.1 Å². The van der Waals surface area contributed by atoms with Crippen molar-refractivity contribution < 1.29 is 9.59 Å². The van der Waals surface area contributed by atoms with Gasteiger partial charge in [-0.2, -0.15) is 5.10 Å². The Labute approximate surface area is 174 Å². The molecule has 27 heavy (non-hydrogen) atoms. The van der Waals surface area contributed by atoms with Crippen molar-refractivity contribution in [3.05, 3.63) is 46.1 Å². The highest BCUT2D eigenvalue weighted by Gasteiger charge is 2.18. The fourth-order valence-corrected chi connectivity index (χ4v) is 2.62. The van der Waals surface area contributed by atoms with E-state index < -0.39 is 6.04 Å². The zero-order valence-corrected chi connectivity index (χ0v) is 17.2. The molecule has 2 amide bonds. The first-order chi connectivity index (χ1) is 12.3. The molecule has 0 unspecified atom stereocenters. The van der Waals surface area contributed by atoms with E-state index in [2.05, 4.69) is 15.7 Å². The van der Waals surface area contributed by atoms with Crippen molar-refractivity contribution in [1.29, 1.82) is 0 Å². The van der Waals surface area contributed by atoms with Gasteiger partial charge >= 0.3 is 0 Å². The van der Waals surface area contributed by atoms with Crippen LogP contribution in [0.4, 0.5) is 5.82 Å². The van der Waals surface area contributed by atoms with E-state index in [1.54, 1.807) is 35.1 Å². The minimum atomic E-state index is -0.652. The molecular weight excluding hydrogens is 413 g/mol. The van der Waals surface area contributed by atoms with Crippen molar-refractivity contribution in [1.82, 2.24) is 15.1 Å². The minimum Gasteiger partial charge on any atom is -0.346 e. The van der Waals surface area contributed by atoms with Crippen molar-refractivity contribution in [2.24, 2.45) is 11.7 Å². The standard InChI is InChI=1S/C17H21Cl2N5O2.ClH/c1-10(2)16(20)17(26)21-8-15(25)23-14-5-6-22-24(14)9-11-3-4-12(18)7-13(11)19;/h3-7,10,16H,8-9,20H2,1-2H3,(H,21,26)(H,23,25);1H/t16-;/m0./s1. The Balaban J connectivity index is 0.00000364. The fourth-order valence-electron chi connectivity index (χ4n) is 2.15. The Morgan fingerprint density at radius 1 is 1.26 bits per heavy atom. The van der Waals surface area contributed by atoms with Crippen LogP contribution in [0.5, 0.6) is 0 Å². The van der Waals surface area contributed by atoms with Gasteiger partial charge in [0.1, 0.15) is 5.82 Å². The molecule has 0 aliphatic heterocycles. The second kappa shape index (κ2) is 10.5. The fraction of sp³-hybridized carbons (Fsp3) is 0.353. The molecule has 2 rings (SSSR count). The Kier molecular flexibility index (Phi) is 9.05. The topological polar surface area (TPSA) is 102 Å². The molecule has 4 N–H and O–H groups in total. The van der Waals surface area contributed by atoms with E-state index in [9.17, 15) is 9.59 Å². The van der Waals surface area contributed by atoms with Gasteiger partial charge in [-0.05, 0) is 23.6 Å². The van der Waals surface area contributed by atoms with Crippen LogP contribution in [0.15, 0.2) is 30.5 Å². The van der Waals surface area contributed by atoms with Crippen LogP contribution in [0.25, 0.3) is 0 Å². The zero-order valence-electron chi connectivity index (χ0n) is 14.9. The first-order valence-electron chi connectivity index (χ1n) is 8.06. The molecule has 7 nitrogen and oxygen atoms in total. The number of nitrogens with one attached hydrogen (secondary N) is 2. The number of benzene rings is 1. The quantitative estimate of drug-likeness (QED) is 0.623. The van der Waals surface area contributed by atoms with Gasteiger partial charge in [-0.1, -0.05) is 43.1 Å². The number of rotatable bonds is 7. The van der Waals surface area contributed by atoms with Gasteiger partial charge in [0.25, 0.3) is 0 Å². The number of hydrogen-bond acceptors (Lipinski definition) is 4. The monoisotopic (exact) mass is 433 g/mol. The van der Waals surface area contributed by atoms with E-state index in [0.717, 1.165) is 5.56 Å². The number of carbonyl (C=O) groups excluding carboxylic acids is 2. The van der Waals surface area contributed by atoms with E-state index in [4.69, 9.17) is 28.9 Å². The van der Waals surface area contributed by atoms with Gasteiger partial charge in [0.2, 0.25) is 11.8 Å². The van der Waals surface area contributed by atoms with Crippen LogP contribution < -0.4 is 16.4 Å². The van der Waals surface area contributed by atoms with E-state index in [1.807, 2.05) is 13.8 Å². The molecule has 1 heterocycles.